The highest BCUT2D eigenvalue weighted by molar-refractivity contribution is 6.33. The Morgan fingerprint density at radius 2 is 1.97 bits per heavy atom. The number of nitrogens with zero attached hydrogens (tertiary/aromatic N) is 1. The molecule has 2 fully saturated rings. The van der Waals surface area contributed by atoms with E-state index in [0.717, 1.165) is 35.0 Å². The number of aliphatic hydroxyl groups is 3. The molecule has 1 aliphatic carbocycles. The number of rotatable bonds is 6. The lowest BCUT2D eigenvalue weighted by Gasteiger charge is -2.32. The van der Waals surface area contributed by atoms with Crippen LogP contribution in [0.1, 0.15) is 24.8 Å². The Labute approximate surface area is 184 Å². The number of nitrogens with one attached hydrogen (secondary N) is 1. The van der Waals surface area contributed by atoms with Crippen molar-refractivity contribution in [3.63, 3.8) is 0 Å². The number of benzene rings is 1. The van der Waals surface area contributed by atoms with Crippen LogP contribution in [0.5, 0.6) is 5.88 Å². The van der Waals surface area contributed by atoms with E-state index >= 15 is 0 Å². The van der Waals surface area contributed by atoms with E-state index in [9.17, 15) is 15.3 Å². The van der Waals surface area contributed by atoms with Crippen molar-refractivity contribution in [1.82, 2.24) is 9.97 Å². The summed E-state index contributed by atoms with van der Waals surface area (Å²) in [6, 6.07) is 11.7. The SMILES string of the molecule is OC[C@H]1OC[C@H](Oc2cc3nc(-c4ccc(C5(CO)CC5)cc4)c(Cl)cc3[nH]2)C[C@@H]1O. The van der Waals surface area contributed by atoms with Gasteiger partial charge in [0.15, 0.2) is 5.88 Å². The van der Waals surface area contributed by atoms with Gasteiger partial charge in [-0.15, -0.1) is 0 Å². The summed E-state index contributed by atoms with van der Waals surface area (Å²) in [5, 5.41) is 29.4. The van der Waals surface area contributed by atoms with Gasteiger partial charge >= 0.3 is 0 Å². The minimum absolute atomic E-state index is 0.0693. The molecule has 1 aliphatic heterocycles. The molecule has 1 saturated heterocycles. The lowest BCUT2D eigenvalue weighted by molar-refractivity contribution is -0.131. The van der Waals surface area contributed by atoms with Crippen LogP contribution < -0.4 is 4.74 Å². The maximum absolute atomic E-state index is 10.0. The fourth-order valence-corrected chi connectivity index (χ4v) is 4.47. The summed E-state index contributed by atoms with van der Waals surface area (Å²) >= 11 is 6.52. The van der Waals surface area contributed by atoms with E-state index in [0.29, 0.717) is 29.6 Å². The van der Waals surface area contributed by atoms with Gasteiger partial charge in [-0.25, -0.2) is 4.98 Å². The van der Waals surface area contributed by atoms with Crippen molar-refractivity contribution in [2.45, 2.75) is 43.0 Å². The first-order valence-electron chi connectivity index (χ1n) is 10.5. The molecule has 4 N–H and O–H groups in total. The van der Waals surface area contributed by atoms with Crippen molar-refractivity contribution in [3.05, 3.63) is 47.0 Å². The average molecular weight is 445 g/mol. The zero-order valence-electron chi connectivity index (χ0n) is 16.9. The Morgan fingerprint density at radius 1 is 1.19 bits per heavy atom. The molecule has 3 atom stereocenters. The molecule has 0 radical (unpaired) electrons. The second-order valence-corrected chi connectivity index (χ2v) is 8.91. The molecular formula is C23H25ClN2O5. The molecule has 7 nitrogen and oxygen atoms in total. The number of H-pyrrole nitrogens is 1. The van der Waals surface area contributed by atoms with Crippen molar-refractivity contribution < 1.29 is 24.8 Å². The number of halogens is 1. The van der Waals surface area contributed by atoms with Crippen LogP contribution in [0.15, 0.2) is 36.4 Å². The molecule has 164 valence electrons. The van der Waals surface area contributed by atoms with E-state index in [4.69, 9.17) is 26.1 Å². The van der Waals surface area contributed by atoms with E-state index in [1.807, 2.05) is 30.3 Å². The number of aromatic nitrogens is 2. The Hall–Kier alpha value is -2.16. The first-order valence-corrected chi connectivity index (χ1v) is 10.9. The van der Waals surface area contributed by atoms with Gasteiger partial charge in [-0.3, -0.25) is 0 Å². The molecule has 3 heterocycles. The quantitative estimate of drug-likeness (QED) is 0.465. The average Bonchev–Trinajstić information content (AvgIpc) is 3.48. The van der Waals surface area contributed by atoms with Crippen LogP contribution in [0.4, 0.5) is 0 Å². The van der Waals surface area contributed by atoms with Crippen LogP contribution in [-0.4, -0.2) is 63.4 Å². The molecule has 2 aromatic heterocycles. The van der Waals surface area contributed by atoms with Gasteiger partial charge in [0.2, 0.25) is 0 Å². The fraction of sp³-hybridized carbons (Fsp3) is 0.435. The fourth-order valence-electron chi connectivity index (χ4n) is 4.21. The van der Waals surface area contributed by atoms with E-state index in [-0.39, 0.29) is 24.7 Å². The van der Waals surface area contributed by atoms with E-state index in [1.165, 1.54) is 0 Å². The van der Waals surface area contributed by atoms with E-state index in [1.54, 1.807) is 6.07 Å². The Bertz CT molecular complexity index is 1080. The zero-order chi connectivity index (χ0) is 21.6. The second-order valence-electron chi connectivity index (χ2n) is 8.50. The minimum Gasteiger partial charge on any atom is -0.473 e. The molecule has 2 aliphatic rings. The van der Waals surface area contributed by atoms with Crippen molar-refractivity contribution in [2.75, 3.05) is 19.8 Å². The third kappa shape index (κ3) is 3.92. The number of hydrogen-bond donors (Lipinski definition) is 4. The molecule has 0 unspecified atom stereocenters. The Balaban J connectivity index is 1.36. The molecule has 5 rings (SSSR count). The third-order valence-electron chi connectivity index (χ3n) is 6.36. The topological polar surface area (TPSA) is 108 Å². The van der Waals surface area contributed by atoms with Crippen molar-refractivity contribution >= 4 is 22.6 Å². The molecular weight excluding hydrogens is 420 g/mol. The third-order valence-corrected chi connectivity index (χ3v) is 6.65. The maximum Gasteiger partial charge on any atom is 0.193 e. The first-order chi connectivity index (χ1) is 15.0. The smallest absolute Gasteiger partial charge is 0.193 e. The van der Waals surface area contributed by atoms with E-state index in [2.05, 4.69) is 4.98 Å². The second kappa shape index (κ2) is 8.07. The predicted octanol–water partition coefficient (Wildman–Crippen LogP) is 2.80. The number of pyridine rings is 1. The molecule has 1 saturated carbocycles. The van der Waals surface area contributed by atoms with Gasteiger partial charge in [-0.05, 0) is 24.5 Å². The summed E-state index contributed by atoms with van der Waals surface area (Å²) in [5.41, 5.74) is 4.14. The lowest BCUT2D eigenvalue weighted by Crippen LogP contribution is -2.45. The monoisotopic (exact) mass is 444 g/mol. The summed E-state index contributed by atoms with van der Waals surface area (Å²) < 4.78 is 11.4. The minimum atomic E-state index is -0.768. The number of hydrogen-bond acceptors (Lipinski definition) is 6. The summed E-state index contributed by atoms with van der Waals surface area (Å²) in [7, 11) is 0. The van der Waals surface area contributed by atoms with Crippen LogP contribution in [0, 0.1) is 0 Å². The Kier molecular flexibility index (Phi) is 5.40. The van der Waals surface area contributed by atoms with Crippen LogP contribution in [0.25, 0.3) is 22.3 Å². The van der Waals surface area contributed by atoms with Crippen LogP contribution in [0.3, 0.4) is 0 Å². The van der Waals surface area contributed by atoms with Crippen LogP contribution in [0.2, 0.25) is 5.02 Å². The van der Waals surface area contributed by atoms with Gasteiger partial charge in [-0.1, -0.05) is 35.9 Å². The highest BCUT2D eigenvalue weighted by Gasteiger charge is 2.43. The highest BCUT2D eigenvalue weighted by Crippen LogP contribution is 2.48. The largest absolute Gasteiger partial charge is 0.473 e. The van der Waals surface area contributed by atoms with E-state index < -0.39 is 12.2 Å². The maximum atomic E-state index is 10.0. The normalized spacial score (nSPS) is 25.0. The molecule has 0 amide bonds. The molecule has 31 heavy (non-hydrogen) atoms. The van der Waals surface area contributed by atoms with Gasteiger partial charge in [0.25, 0.3) is 0 Å². The van der Waals surface area contributed by atoms with Crippen molar-refractivity contribution in [2.24, 2.45) is 0 Å². The van der Waals surface area contributed by atoms with Gasteiger partial charge in [0, 0.05) is 23.5 Å². The Morgan fingerprint density at radius 3 is 2.61 bits per heavy atom. The zero-order valence-corrected chi connectivity index (χ0v) is 17.7. The summed E-state index contributed by atoms with van der Waals surface area (Å²) in [6.45, 7) is 0.249. The van der Waals surface area contributed by atoms with Crippen molar-refractivity contribution in [3.8, 4) is 17.1 Å². The lowest BCUT2D eigenvalue weighted by atomic mass is 9.95. The molecule has 0 spiro atoms. The highest BCUT2D eigenvalue weighted by atomic mass is 35.5. The van der Waals surface area contributed by atoms with Gasteiger partial charge in [0.05, 0.1) is 47.7 Å². The van der Waals surface area contributed by atoms with Crippen LogP contribution >= 0.6 is 11.6 Å². The summed E-state index contributed by atoms with van der Waals surface area (Å²) in [4.78, 5) is 7.88. The van der Waals surface area contributed by atoms with Gasteiger partial charge in [-0.2, -0.15) is 0 Å². The standard InChI is InChI=1S/C23H25ClN2O5/c24-16-8-17-18(9-21(25-17)31-15-7-19(29)20(10-27)30-11-15)26-22(16)13-1-3-14(4-2-13)23(12-28)5-6-23/h1-4,8-9,15,19-20,25,27-29H,5-7,10-12H2/t15-,19+,20-/m1/s1. The molecule has 8 heteroatoms. The number of fused-ring (bicyclic) bond motifs is 1. The summed E-state index contributed by atoms with van der Waals surface area (Å²) in [5.74, 6) is 0.521. The van der Waals surface area contributed by atoms with Crippen molar-refractivity contribution in [1.29, 1.82) is 0 Å². The van der Waals surface area contributed by atoms with Gasteiger partial charge in [0.1, 0.15) is 12.2 Å². The predicted molar refractivity (Wildman–Crippen MR) is 116 cm³/mol. The number of ether oxygens (including phenoxy) is 2. The van der Waals surface area contributed by atoms with Gasteiger partial charge < -0.3 is 29.8 Å². The summed E-state index contributed by atoms with van der Waals surface area (Å²) in [6.07, 6.45) is 0.754. The molecule has 3 aromatic rings. The molecule has 1 aromatic carbocycles. The first kappa shape index (κ1) is 20.7. The number of aliphatic hydroxyl groups excluding tert-OH is 3. The number of aromatic amines is 1. The molecule has 0 bridgehead atoms. The van der Waals surface area contributed by atoms with Crippen LogP contribution in [-0.2, 0) is 10.2 Å².